The summed E-state index contributed by atoms with van der Waals surface area (Å²) in [6.07, 6.45) is 6.64. The molecule has 174 valence electrons. The highest BCUT2D eigenvalue weighted by molar-refractivity contribution is 5.91. The zero-order valence-electron chi connectivity index (χ0n) is 18.7. The Balaban J connectivity index is 1.84. The molecule has 2 aliphatic rings. The van der Waals surface area contributed by atoms with Gasteiger partial charge in [-0.3, -0.25) is 14.8 Å². The summed E-state index contributed by atoms with van der Waals surface area (Å²) in [4.78, 5) is 17.1. The molecule has 1 fully saturated rings. The van der Waals surface area contributed by atoms with Gasteiger partial charge in [-0.25, -0.2) is 13.8 Å². The van der Waals surface area contributed by atoms with Crippen molar-refractivity contribution < 1.29 is 18.3 Å². The molecule has 2 aromatic rings. The van der Waals surface area contributed by atoms with Crippen molar-refractivity contribution in [1.82, 2.24) is 9.55 Å². The van der Waals surface area contributed by atoms with E-state index in [-0.39, 0.29) is 23.1 Å². The number of aromatic nitrogens is 2. The second kappa shape index (κ2) is 9.89. The first-order valence-electron chi connectivity index (χ1n) is 11.0. The molecule has 3 heterocycles. The highest BCUT2D eigenvalue weighted by Gasteiger charge is 2.25. The number of nitrogens with one attached hydrogen (secondary N) is 1. The van der Waals surface area contributed by atoms with E-state index in [4.69, 9.17) is 14.9 Å². The van der Waals surface area contributed by atoms with Gasteiger partial charge in [-0.1, -0.05) is 6.08 Å². The molecule has 0 aliphatic carbocycles. The van der Waals surface area contributed by atoms with E-state index in [2.05, 4.69) is 4.98 Å². The van der Waals surface area contributed by atoms with Crippen LogP contribution in [0.25, 0.3) is 11.6 Å². The normalized spacial score (nSPS) is 21.2. The van der Waals surface area contributed by atoms with Crippen molar-refractivity contribution in [3.05, 3.63) is 74.5 Å². The summed E-state index contributed by atoms with van der Waals surface area (Å²) in [5.74, 6) is -0.756. The summed E-state index contributed by atoms with van der Waals surface area (Å²) in [7, 11) is 0. The first kappa shape index (κ1) is 23.2. The van der Waals surface area contributed by atoms with E-state index in [0.29, 0.717) is 42.4 Å². The molecule has 33 heavy (non-hydrogen) atoms. The van der Waals surface area contributed by atoms with Crippen molar-refractivity contribution in [3.63, 3.8) is 0 Å². The fraction of sp³-hybridized carbons (Fsp3) is 0.400. The van der Waals surface area contributed by atoms with Crippen LogP contribution in [0.2, 0.25) is 0 Å². The van der Waals surface area contributed by atoms with Crippen molar-refractivity contribution in [2.75, 3.05) is 19.8 Å². The lowest BCUT2D eigenvalue weighted by atomic mass is 9.90. The molecule has 2 aliphatic heterocycles. The quantitative estimate of drug-likeness (QED) is 0.521. The Morgan fingerprint density at radius 2 is 2.12 bits per heavy atom. The lowest BCUT2D eigenvalue weighted by Gasteiger charge is -2.25. The van der Waals surface area contributed by atoms with Crippen LogP contribution in [0.1, 0.15) is 41.9 Å². The average Bonchev–Trinajstić information content (AvgIpc) is 3.30. The lowest BCUT2D eigenvalue weighted by Crippen LogP contribution is -2.26. The minimum atomic E-state index is -0.707. The van der Waals surface area contributed by atoms with Crippen LogP contribution >= 0.6 is 0 Å². The van der Waals surface area contributed by atoms with Crippen molar-refractivity contribution in [2.45, 2.75) is 39.2 Å². The third kappa shape index (κ3) is 5.02. The third-order valence-corrected chi connectivity index (χ3v) is 6.26. The summed E-state index contributed by atoms with van der Waals surface area (Å²) in [6, 6.07) is 3.44. The zero-order chi connectivity index (χ0) is 23.5. The van der Waals surface area contributed by atoms with Gasteiger partial charge in [0, 0.05) is 36.1 Å². The van der Waals surface area contributed by atoms with Gasteiger partial charge >= 0.3 is 0 Å². The standard InChI is InChI=1S/C25H27F2N3O3/c1-15-16(2)29-24(30(14-28)25(15)31)12-22(21-4-3-19(26)11-23(21)27)18-6-8-33-20(10-18)9-17-5-7-32-13-17/h3-4,10-12,14,17,20,28H,5-9,13H2,1-2H3/b22-12-,28-14?. The van der Waals surface area contributed by atoms with E-state index in [1.807, 2.05) is 6.08 Å². The van der Waals surface area contributed by atoms with Gasteiger partial charge in [0.2, 0.25) is 0 Å². The van der Waals surface area contributed by atoms with Crippen molar-refractivity contribution in [1.29, 1.82) is 5.41 Å². The summed E-state index contributed by atoms with van der Waals surface area (Å²) >= 11 is 0. The molecule has 2 unspecified atom stereocenters. The molecule has 1 saturated heterocycles. The molecule has 0 radical (unpaired) electrons. The van der Waals surface area contributed by atoms with Crippen molar-refractivity contribution in [3.8, 4) is 0 Å². The van der Waals surface area contributed by atoms with E-state index in [0.717, 1.165) is 42.0 Å². The maximum atomic E-state index is 14.9. The molecule has 4 rings (SSSR count). The van der Waals surface area contributed by atoms with Gasteiger partial charge in [-0.2, -0.15) is 0 Å². The van der Waals surface area contributed by atoms with E-state index < -0.39 is 11.6 Å². The molecule has 1 aromatic carbocycles. The summed E-state index contributed by atoms with van der Waals surface area (Å²) in [6.45, 7) is 5.28. The van der Waals surface area contributed by atoms with Crippen LogP contribution in [-0.4, -0.2) is 41.8 Å². The number of hydrogen-bond donors (Lipinski definition) is 1. The summed E-state index contributed by atoms with van der Waals surface area (Å²) in [5.41, 5.74) is 2.14. The van der Waals surface area contributed by atoms with Crippen molar-refractivity contribution in [2.24, 2.45) is 5.92 Å². The van der Waals surface area contributed by atoms with Crippen LogP contribution < -0.4 is 5.56 Å². The van der Waals surface area contributed by atoms with Gasteiger partial charge in [0.25, 0.3) is 5.56 Å². The smallest absolute Gasteiger partial charge is 0.262 e. The highest BCUT2D eigenvalue weighted by atomic mass is 19.1. The molecular weight excluding hydrogens is 428 g/mol. The predicted octanol–water partition coefficient (Wildman–Crippen LogP) is 4.28. The Labute approximate surface area is 191 Å². The van der Waals surface area contributed by atoms with Crippen LogP contribution in [0, 0.1) is 36.8 Å². The zero-order valence-corrected chi connectivity index (χ0v) is 18.7. The van der Waals surface area contributed by atoms with Gasteiger partial charge in [0.05, 0.1) is 19.0 Å². The predicted molar refractivity (Wildman–Crippen MR) is 122 cm³/mol. The number of halogens is 2. The van der Waals surface area contributed by atoms with E-state index >= 15 is 0 Å². The van der Waals surface area contributed by atoms with Gasteiger partial charge in [-0.05, 0) is 68.4 Å². The molecular formula is C25H27F2N3O3. The van der Waals surface area contributed by atoms with Crippen LogP contribution in [0.5, 0.6) is 0 Å². The van der Waals surface area contributed by atoms with Crippen LogP contribution in [0.3, 0.4) is 0 Å². The second-order valence-electron chi connectivity index (χ2n) is 8.48. The molecule has 1 aromatic heterocycles. The third-order valence-electron chi connectivity index (χ3n) is 6.26. The maximum absolute atomic E-state index is 14.9. The Bertz CT molecular complexity index is 1180. The largest absolute Gasteiger partial charge is 0.381 e. The average molecular weight is 456 g/mol. The Kier molecular flexibility index (Phi) is 6.95. The second-order valence-corrected chi connectivity index (χ2v) is 8.48. The van der Waals surface area contributed by atoms with Crippen molar-refractivity contribution >= 4 is 18.0 Å². The van der Waals surface area contributed by atoms with Crippen LogP contribution in [-0.2, 0) is 9.47 Å². The number of ether oxygens (including phenoxy) is 2. The lowest BCUT2D eigenvalue weighted by molar-refractivity contribution is 0.0586. The highest BCUT2D eigenvalue weighted by Crippen LogP contribution is 2.34. The van der Waals surface area contributed by atoms with Gasteiger partial charge in [0.1, 0.15) is 17.5 Å². The number of aryl methyl sites for hydroxylation is 1. The minimum absolute atomic E-state index is 0.148. The molecule has 0 amide bonds. The topological polar surface area (TPSA) is 77.2 Å². The number of allylic oxidation sites excluding steroid dienone is 1. The number of hydrogen-bond acceptors (Lipinski definition) is 5. The number of rotatable bonds is 6. The van der Waals surface area contributed by atoms with Gasteiger partial charge in [-0.15, -0.1) is 0 Å². The van der Waals surface area contributed by atoms with Gasteiger partial charge < -0.3 is 9.47 Å². The van der Waals surface area contributed by atoms with Crippen LogP contribution in [0.15, 0.2) is 34.6 Å². The monoisotopic (exact) mass is 455 g/mol. The van der Waals surface area contributed by atoms with E-state index in [1.54, 1.807) is 19.9 Å². The Morgan fingerprint density at radius 3 is 2.82 bits per heavy atom. The Morgan fingerprint density at radius 1 is 1.30 bits per heavy atom. The van der Waals surface area contributed by atoms with E-state index in [1.165, 1.54) is 12.1 Å². The minimum Gasteiger partial charge on any atom is -0.381 e. The first-order valence-corrected chi connectivity index (χ1v) is 11.0. The number of benzene rings is 1. The molecule has 8 heteroatoms. The molecule has 0 spiro atoms. The van der Waals surface area contributed by atoms with E-state index in [9.17, 15) is 13.6 Å². The number of nitrogens with zero attached hydrogens (tertiary/aromatic N) is 2. The molecule has 6 nitrogen and oxygen atoms in total. The molecule has 2 atom stereocenters. The first-order chi connectivity index (χ1) is 15.9. The fourth-order valence-electron chi connectivity index (χ4n) is 4.29. The summed E-state index contributed by atoms with van der Waals surface area (Å²) < 4.78 is 41.1. The molecule has 0 saturated carbocycles. The maximum Gasteiger partial charge on any atom is 0.262 e. The molecule has 0 bridgehead atoms. The summed E-state index contributed by atoms with van der Waals surface area (Å²) in [5, 5.41) is 7.71. The van der Waals surface area contributed by atoms with Crippen LogP contribution in [0.4, 0.5) is 8.78 Å². The SMILES string of the molecule is Cc1nc(/C=C(/C2=CC(CC3CCOC3)OCC2)c2ccc(F)cc2F)n(C=N)c(=O)c1C. The Hall–Kier alpha value is -2.97. The molecule has 1 N–H and O–H groups in total. The van der Waals surface area contributed by atoms with Gasteiger partial charge in [0.15, 0.2) is 0 Å². The fourth-order valence-corrected chi connectivity index (χ4v) is 4.29.